The number of carbonyl (C=O) groups is 3. The third-order valence-corrected chi connectivity index (χ3v) is 8.30. The van der Waals surface area contributed by atoms with Gasteiger partial charge in [0.15, 0.2) is 0 Å². The molecule has 1 saturated heterocycles. The van der Waals surface area contributed by atoms with E-state index in [0.29, 0.717) is 27.7 Å². The number of hydrogen-bond acceptors (Lipinski definition) is 7. The number of imide groups is 1. The molecule has 4 aromatic rings. The predicted molar refractivity (Wildman–Crippen MR) is 164 cm³/mol. The molecular weight excluding hydrogens is 616 g/mol. The zero-order valence-electron chi connectivity index (χ0n) is 22.6. The van der Waals surface area contributed by atoms with E-state index in [4.69, 9.17) is 4.74 Å². The van der Waals surface area contributed by atoms with Crippen LogP contribution in [-0.2, 0) is 20.9 Å². The Bertz CT molecular complexity index is 1660. The maximum Gasteiger partial charge on any atom is 0.257 e. The minimum Gasteiger partial charge on any atom is -0.497 e. The second kappa shape index (κ2) is 13.0. The molecule has 0 spiro atoms. The van der Waals surface area contributed by atoms with E-state index in [2.05, 4.69) is 27.0 Å². The summed E-state index contributed by atoms with van der Waals surface area (Å²) in [6, 6.07) is 28.2. The number of rotatable bonds is 9. The molecule has 210 valence electrons. The first-order valence-corrected chi connectivity index (χ1v) is 14.8. The van der Waals surface area contributed by atoms with E-state index in [9.17, 15) is 19.6 Å². The van der Waals surface area contributed by atoms with Crippen LogP contribution in [-0.4, -0.2) is 46.5 Å². The zero-order valence-corrected chi connectivity index (χ0v) is 25.0. The highest BCUT2D eigenvalue weighted by molar-refractivity contribution is 9.10. The van der Waals surface area contributed by atoms with Crippen molar-refractivity contribution in [1.82, 2.24) is 9.88 Å². The Balaban J connectivity index is 1.39. The first-order valence-electron chi connectivity index (χ1n) is 13.0. The summed E-state index contributed by atoms with van der Waals surface area (Å²) in [6.07, 6.45) is -0.118. The third kappa shape index (κ3) is 6.38. The van der Waals surface area contributed by atoms with Crippen LogP contribution in [0.1, 0.15) is 17.5 Å². The van der Waals surface area contributed by atoms with E-state index in [-0.39, 0.29) is 30.5 Å². The first kappa shape index (κ1) is 29.0. The van der Waals surface area contributed by atoms with E-state index in [1.54, 1.807) is 43.5 Å². The molecule has 0 bridgehead atoms. The summed E-state index contributed by atoms with van der Waals surface area (Å²) in [7, 11) is 1.59. The average Bonchev–Trinajstić information content (AvgIpc) is 3.32. The van der Waals surface area contributed by atoms with Crippen molar-refractivity contribution >= 4 is 51.1 Å². The number of pyridine rings is 1. The van der Waals surface area contributed by atoms with Gasteiger partial charge < -0.3 is 9.64 Å². The van der Waals surface area contributed by atoms with E-state index in [1.807, 2.05) is 54.6 Å². The lowest BCUT2D eigenvalue weighted by Gasteiger charge is -2.28. The van der Waals surface area contributed by atoms with Crippen molar-refractivity contribution in [3.8, 4) is 23.1 Å². The summed E-state index contributed by atoms with van der Waals surface area (Å²) in [5.41, 5.74) is 3.11. The van der Waals surface area contributed by atoms with Gasteiger partial charge in [0.25, 0.3) is 5.91 Å². The Labute approximate surface area is 256 Å². The van der Waals surface area contributed by atoms with Gasteiger partial charge in [-0.25, -0.2) is 9.88 Å². The Kier molecular flexibility index (Phi) is 9.00. The maximum atomic E-state index is 13.8. The Morgan fingerprint density at radius 3 is 2.43 bits per heavy atom. The lowest BCUT2D eigenvalue weighted by Crippen LogP contribution is -2.45. The molecule has 1 atom stereocenters. The predicted octanol–water partition coefficient (Wildman–Crippen LogP) is 5.84. The summed E-state index contributed by atoms with van der Waals surface area (Å²) in [5.74, 6) is -0.519. The number of ether oxygens (including phenoxy) is 1. The van der Waals surface area contributed by atoms with Crippen LogP contribution < -0.4 is 9.64 Å². The van der Waals surface area contributed by atoms with Crippen LogP contribution >= 0.6 is 27.7 Å². The monoisotopic (exact) mass is 640 g/mol. The highest BCUT2D eigenvalue weighted by Gasteiger charge is 2.44. The molecule has 1 fully saturated rings. The van der Waals surface area contributed by atoms with Gasteiger partial charge in [0.1, 0.15) is 22.9 Å². The van der Waals surface area contributed by atoms with Crippen molar-refractivity contribution in [2.24, 2.45) is 0 Å². The number of anilines is 1. The largest absolute Gasteiger partial charge is 0.497 e. The first-order chi connectivity index (χ1) is 20.4. The van der Waals surface area contributed by atoms with Crippen molar-refractivity contribution in [2.45, 2.75) is 24.0 Å². The lowest BCUT2D eigenvalue weighted by molar-refractivity contribution is -0.136. The number of amides is 3. The fourth-order valence-corrected chi connectivity index (χ4v) is 5.77. The fraction of sp³-hybridized carbons (Fsp3) is 0.156. The molecule has 1 aliphatic rings. The smallest absolute Gasteiger partial charge is 0.257 e. The van der Waals surface area contributed by atoms with Gasteiger partial charge in [-0.2, -0.15) is 5.26 Å². The molecule has 0 aliphatic carbocycles. The number of methoxy groups -OCH3 is 1. The summed E-state index contributed by atoms with van der Waals surface area (Å²) >= 11 is 4.50. The van der Waals surface area contributed by atoms with Crippen molar-refractivity contribution in [3.63, 3.8) is 0 Å². The van der Waals surface area contributed by atoms with Gasteiger partial charge in [-0.05, 0) is 66.2 Å². The quantitative estimate of drug-likeness (QED) is 0.167. The molecule has 1 aromatic heterocycles. The van der Waals surface area contributed by atoms with Gasteiger partial charge >= 0.3 is 0 Å². The molecule has 1 aliphatic heterocycles. The van der Waals surface area contributed by atoms with Crippen LogP contribution in [0.3, 0.4) is 0 Å². The third-order valence-electron chi connectivity index (χ3n) is 6.80. The molecule has 0 N–H and O–H groups in total. The summed E-state index contributed by atoms with van der Waals surface area (Å²) in [5, 5.41) is 10.1. The van der Waals surface area contributed by atoms with Gasteiger partial charge in [0.2, 0.25) is 11.8 Å². The number of benzene rings is 3. The molecule has 0 radical (unpaired) electrons. The standard InChI is InChI=1S/C32H25BrN4O4S/c1-41-26-14-7-22(8-15-26)27-16-9-23(18-34)31(35-27)42-20-30(39)36(19-21-5-3-2-4-6-21)28-17-29(38)37(32(28)40)25-12-10-24(33)11-13-25/h2-16,28H,17,19-20H2,1H3. The number of hydrogen-bond donors (Lipinski definition) is 0. The molecule has 2 heterocycles. The minimum absolute atomic E-state index is 0.0726. The number of carbonyl (C=O) groups excluding carboxylic acids is 3. The lowest BCUT2D eigenvalue weighted by atomic mass is 10.1. The Morgan fingerprint density at radius 2 is 1.76 bits per heavy atom. The summed E-state index contributed by atoms with van der Waals surface area (Å²) in [6.45, 7) is 0.155. The number of nitriles is 1. The Hall–Kier alpha value is -4.46. The van der Waals surface area contributed by atoms with Crippen molar-refractivity contribution in [1.29, 1.82) is 5.26 Å². The van der Waals surface area contributed by atoms with Crippen LogP contribution in [0.4, 0.5) is 5.69 Å². The number of thioether (sulfide) groups is 1. The number of aromatic nitrogens is 1. The second-order valence-electron chi connectivity index (χ2n) is 9.45. The summed E-state index contributed by atoms with van der Waals surface area (Å²) in [4.78, 5) is 47.6. The molecule has 3 aromatic carbocycles. The van der Waals surface area contributed by atoms with Gasteiger partial charge in [-0.15, -0.1) is 0 Å². The van der Waals surface area contributed by atoms with E-state index in [1.165, 1.54) is 4.90 Å². The van der Waals surface area contributed by atoms with Crippen LogP contribution in [0.2, 0.25) is 0 Å². The van der Waals surface area contributed by atoms with Gasteiger partial charge in [0, 0.05) is 16.6 Å². The number of nitrogens with zero attached hydrogens (tertiary/aromatic N) is 4. The average molecular weight is 642 g/mol. The number of halogens is 1. The van der Waals surface area contributed by atoms with Crippen molar-refractivity contribution in [2.75, 3.05) is 17.8 Å². The molecule has 10 heteroatoms. The zero-order chi connectivity index (χ0) is 29.6. The highest BCUT2D eigenvalue weighted by atomic mass is 79.9. The molecule has 0 saturated carbocycles. The minimum atomic E-state index is -0.955. The topological polar surface area (TPSA) is 104 Å². The normalized spacial score (nSPS) is 14.5. The molecule has 42 heavy (non-hydrogen) atoms. The van der Waals surface area contributed by atoms with E-state index in [0.717, 1.165) is 32.3 Å². The summed E-state index contributed by atoms with van der Waals surface area (Å²) < 4.78 is 6.05. The van der Waals surface area contributed by atoms with E-state index < -0.39 is 11.9 Å². The van der Waals surface area contributed by atoms with Crippen LogP contribution in [0.15, 0.2) is 100 Å². The highest BCUT2D eigenvalue weighted by Crippen LogP contribution is 2.30. The van der Waals surface area contributed by atoms with Crippen LogP contribution in [0.25, 0.3) is 11.3 Å². The van der Waals surface area contributed by atoms with Crippen LogP contribution in [0.5, 0.6) is 5.75 Å². The molecular formula is C32H25BrN4O4S. The van der Waals surface area contributed by atoms with Crippen LogP contribution in [0, 0.1) is 11.3 Å². The molecule has 5 rings (SSSR count). The molecule has 3 amide bonds. The van der Waals surface area contributed by atoms with Gasteiger partial charge in [-0.1, -0.05) is 58.0 Å². The fourth-order valence-electron chi connectivity index (χ4n) is 4.64. The van der Waals surface area contributed by atoms with Crippen molar-refractivity contribution in [3.05, 3.63) is 107 Å². The molecule has 1 unspecified atom stereocenters. The van der Waals surface area contributed by atoms with Gasteiger partial charge in [-0.3, -0.25) is 14.4 Å². The van der Waals surface area contributed by atoms with E-state index >= 15 is 0 Å². The molecule has 8 nitrogen and oxygen atoms in total. The van der Waals surface area contributed by atoms with Crippen molar-refractivity contribution < 1.29 is 19.1 Å². The second-order valence-corrected chi connectivity index (χ2v) is 11.3. The SMILES string of the molecule is COc1ccc(-c2ccc(C#N)c(SCC(=O)N(Cc3ccccc3)C3CC(=O)N(c4ccc(Br)cc4)C3=O)n2)cc1. The van der Waals surface area contributed by atoms with Gasteiger partial charge in [0.05, 0.1) is 36.2 Å². The maximum absolute atomic E-state index is 13.8. The Morgan fingerprint density at radius 1 is 1.05 bits per heavy atom.